The maximum Gasteiger partial charge on any atom is 0.122 e. The summed E-state index contributed by atoms with van der Waals surface area (Å²) in [4.78, 5) is 4.94. The molecule has 2 rings (SSSR count). The number of amidine groups is 1. The van der Waals surface area contributed by atoms with Gasteiger partial charge in [0.25, 0.3) is 0 Å². The van der Waals surface area contributed by atoms with Gasteiger partial charge in [0.1, 0.15) is 5.84 Å². The highest BCUT2D eigenvalue weighted by atomic mass is 15.3. The number of benzene rings is 1. The van der Waals surface area contributed by atoms with E-state index in [0.717, 1.165) is 25.2 Å². The number of nitrogens with two attached hydrogens (primary N) is 1. The molecule has 0 aliphatic carbocycles. The van der Waals surface area contributed by atoms with Crippen molar-refractivity contribution in [3.05, 3.63) is 35.4 Å². The summed E-state index contributed by atoms with van der Waals surface area (Å²) in [5.74, 6) is 0.133. The van der Waals surface area contributed by atoms with E-state index < -0.39 is 0 Å². The number of hydrogen-bond donors (Lipinski definition) is 2. The van der Waals surface area contributed by atoms with Gasteiger partial charge in [-0.15, -0.1) is 0 Å². The Kier molecular flexibility index (Phi) is 4.22. The van der Waals surface area contributed by atoms with Crippen molar-refractivity contribution in [2.75, 3.05) is 20.1 Å². The minimum absolute atomic E-state index is 0.133. The number of nitrogens with zero attached hydrogens (tertiary/aromatic N) is 2. The molecule has 19 heavy (non-hydrogen) atoms. The largest absolute Gasteiger partial charge is 0.384 e. The molecule has 0 radical (unpaired) electrons. The molecule has 1 aromatic carbocycles. The van der Waals surface area contributed by atoms with Gasteiger partial charge in [0.15, 0.2) is 0 Å². The summed E-state index contributed by atoms with van der Waals surface area (Å²) in [6.45, 7) is 7.74. The third-order valence-electron chi connectivity index (χ3n) is 4.11. The van der Waals surface area contributed by atoms with E-state index in [0.29, 0.717) is 12.1 Å². The van der Waals surface area contributed by atoms with Crippen LogP contribution in [0.3, 0.4) is 0 Å². The third kappa shape index (κ3) is 3.33. The molecule has 2 unspecified atom stereocenters. The Bertz CT molecular complexity index is 428. The standard InChI is InChI=1S/C15H24N4/c1-11-8-19(9-12(2)18(11)3)10-13-4-6-14(7-5-13)15(16)17/h4-7,11-12H,8-10H2,1-3H3,(H3,16,17). The van der Waals surface area contributed by atoms with Crippen LogP contribution in [0.5, 0.6) is 0 Å². The number of piperazine rings is 1. The molecule has 1 aliphatic rings. The van der Waals surface area contributed by atoms with Gasteiger partial charge in [-0.2, -0.15) is 0 Å². The first kappa shape index (κ1) is 14.0. The molecule has 0 saturated carbocycles. The Hall–Kier alpha value is -1.39. The molecule has 0 amide bonds. The number of likely N-dealkylation sites (N-methyl/N-ethyl adjacent to an activating group) is 1. The molecular formula is C15H24N4. The molecule has 104 valence electrons. The minimum Gasteiger partial charge on any atom is -0.384 e. The summed E-state index contributed by atoms with van der Waals surface area (Å²) < 4.78 is 0. The zero-order valence-corrected chi connectivity index (χ0v) is 12.1. The number of rotatable bonds is 3. The van der Waals surface area contributed by atoms with E-state index in [2.05, 4.69) is 42.8 Å². The van der Waals surface area contributed by atoms with Crippen LogP contribution in [0, 0.1) is 5.41 Å². The SMILES string of the molecule is CC1CN(Cc2ccc(C(=N)N)cc2)CC(C)N1C. The molecule has 2 atom stereocenters. The Morgan fingerprint density at radius 2 is 1.74 bits per heavy atom. The van der Waals surface area contributed by atoms with Crippen molar-refractivity contribution in [1.82, 2.24) is 9.80 Å². The Morgan fingerprint density at radius 1 is 1.21 bits per heavy atom. The van der Waals surface area contributed by atoms with Crippen molar-refractivity contribution in [3.63, 3.8) is 0 Å². The van der Waals surface area contributed by atoms with E-state index in [1.807, 2.05) is 12.1 Å². The maximum absolute atomic E-state index is 7.40. The summed E-state index contributed by atoms with van der Waals surface area (Å²) in [6, 6.07) is 9.20. The molecule has 3 N–H and O–H groups in total. The van der Waals surface area contributed by atoms with Crippen molar-refractivity contribution < 1.29 is 0 Å². The molecular weight excluding hydrogens is 236 g/mol. The van der Waals surface area contributed by atoms with Crippen LogP contribution >= 0.6 is 0 Å². The van der Waals surface area contributed by atoms with Crippen LogP contribution in [0.1, 0.15) is 25.0 Å². The van der Waals surface area contributed by atoms with Crippen molar-refractivity contribution in [2.24, 2.45) is 5.73 Å². The molecule has 0 aromatic heterocycles. The summed E-state index contributed by atoms with van der Waals surface area (Å²) in [7, 11) is 2.20. The Labute approximate surface area is 115 Å². The highest BCUT2D eigenvalue weighted by molar-refractivity contribution is 5.94. The predicted octanol–water partition coefficient (Wildman–Crippen LogP) is 1.50. The van der Waals surface area contributed by atoms with Gasteiger partial charge in [-0.3, -0.25) is 15.2 Å². The number of nitrogen functional groups attached to an aromatic ring is 1. The van der Waals surface area contributed by atoms with Gasteiger partial charge in [0.2, 0.25) is 0 Å². The van der Waals surface area contributed by atoms with Gasteiger partial charge < -0.3 is 5.73 Å². The van der Waals surface area contributed by atoms with E-state index in [9.17, 15) is 0 Å². The number of nitrogens with one attached hydrogen (secondary N) is 1. The molecule has 4 nitrogen and oxygen atoms in total. The first-order valence-corrected chi connectivity index (χ1v) is 6.85. The second-order valence-electron chi connectivity index (χ2n) is 5.67. The van der Waals surface area contributed by atoms with Gasteiger partial charge >= 0.3 is 0 Å². The lowest BCUT2D eigenvalue weighted by atomic mass is 10.1. The second kappa shape index (κ2) is 5.72. The normalized spacial score (nSPS) is 25.4. The van der Waals surface area contributed by atoms with Crippen LogP contribution < -0.4 is 5.73 Å². The van der Waals surface area contributed by atoms with Crippen LogP contribution in [-0.2, 0) is 6.54 Å². The third-order valence-corrected chi connectivity index (χ3v) is 4.11. The molecule has 0 bridgehead atoms. The average Bonchev–Trinajstić information content (AvgIpc) is 2.36. The van der Waals surface area contributed by atoms with Crippen LogP contribution in [0.4, 0.5) is 0 Å². The zero-order chi connectivity index (χ0) is 14.0. The summed E-state index contributed by atoms with van der Waals surface area (Å²) in [5.41, 5.74) is 7.55. The van der Waals surface area contributed by atoms with Crippen molar-refractivity contribution >= 4 is 5.84 Å². The van der Waals surface area contributed by atoms with E-state index in [-0.39, 0.29) is 5.84 Å². The van der Waals surface area contributed by atoms with Gasteiger partial charge in [-0.1, -0.05) is 24.3 Å². The van der Waals surface area contributed by atoms with Gasteiger partial charge in [0.05, 0.1) is 0 Å². The second-order valence-corrected chi connectivity index (χ2v) is 5.67. The van der Waals surface area contributed by atoms with Gasteiger partial charge in [0, 0.05) is 37.3 Å². The van der Waals surface area contributed by atoms with E-state index in [1.165, 1.54) is 5.56 Å². The molecule has 1 heterocycles. The lowest BCUT2D eigenvalue weighted by Gasteiger charge is -2.42. The van der Waals surface area contributed by atoms with Crippen LogP contribution in [0.2, 0.25) is 0 Å². The van der Waals surface area contributed by atoms with Crippen molar-refractivity contribution in [3.8, 4) is 0 Å². The fraction of sp³-hybridized carbons (Fsp3) is 0.533. The quantitative estimate of drug-likeness (QED) is 0.639. The lowest BCUT2D eigenvalue weighted by Crippen LogP contribution is -2.54. The van der Waals surface area contributed by atoms with Gasteiger partial charge in [-0.25, -0.2) is 0 Å². The molecule has 1 saturated heterocycles. The van der Waals surface area contributed by atoms with Crippen LogP contribution in [0.15, 0.2) is 24.3 Å². The Balaban J connectivity index is 1.99. The lowest BCUT2D eigenvalue weighted by molar-refractivity contribution is 0.0556. The molecule has 0 spiro atoms. The topological polar surface area (TPSA) is 56.4 Å². The molecule has 1 aromatic rings. The summed E-state index contributed by atoms with van der Waals surface area (Å²) in [6.07, 6.45) is 0. The smallest absolute Gasteiger partial charge is 0.122 e. The van der Waals surface area contributed by atoms with Crippen LogP contribution in [-0.4, -0.2) is 47.9 Å². The van der Waals surface area contributed by atoms with Crippen LogP contribution in [0.25, 0.3) is 0 Å². The van der Waals surface area contributed by atoms with Gasteiger partial charge in [-0.05, 0) is 26.5 Å². The molecule has 4 heteroatoms. The summed E-state index contributed by atoms with van der Waals surface area (Å²) >= 11 is 0. The highest BCUT2D eigenvalue weighted by Crippen LogP contribution is 2.16. The van der Waals surface area contributed by atoms with E-state index in [4.69, 9.17) is 11.1 Å². The van der Waals surface area contributed by atoms with E-state index >= 15 is 0 Å². The monoisotopic (exact) mass is 260 g/mol. The zero-order valence-electron chi connectivity index (χ0n) is 12.1. The van der Waals surface area contributed by atoms with Crippen molar-refractivity contribution in [1.29, 1.82) is 5.41 Å². The summed E-state index contributed by atoms with van der Waals surface area (Å²) in [5, 5.41) is 7.40. The molecule has 1 aliphatic heterocycles. The Morgan fingerprint density at radius 3 is 2.21 bits per heavy atom. The minimum atomic E-state index is 0.133. The fourth-order valence-electron chi connectivity index (χ4n) is 2.69. The van der Waals surface area contributed by atoms with E-state index in [1.54, 1.807) is 0 Å². The average molecular weight is 260 g/mol. The van der Waals surface area contributed by atoms with Crippen molar-refractivity contribution in [2.45, 2.75) is 32.5 Å². The number of hydrogen-bond acceptors (Lipinski definition) is 3. The first-order valence-electron chi connectivity index (χ1n) is 6.85. The fourth-order valence-corrected chi connectivity index (χ4v) is 2.69. The molecule has 1 fully saturated rings. The predicted molar refractivity (Wildman–Crippen MR) is 79.4 cm³/mol. The maximum atomic E-state index is 7.40. The first-order chi connectivity index (χ1) is 8.97. The highest BCUT2D eigenvalue weighted by Gasteiger charge is 2.26.